The van der Waals surface area contributed by atoms with Gasteiger partial charge in [-0.3, -0.25) is 9.59 Å². The van der Waals surface area contributed by atoms with Crippen LogP contribution in [0.2, 0.25) is 0 Å². The van der Waals surface area contributed by atoms with Crippen molar-refractivity contribution in [2.45, 2.75) is 32.6 Å². The lowest BCUT2D eigenvalue weighted by Gasteiger charge is -2.29. The second-order valence-corrected chi connectivity index (χ2v) is 7.56. The fraction of sp³-hybridized carbons (Fsp3) is 0.280. The first kappa shape index (κ1) is 20.7. The van der Waals surface area contributed by atoms with Crippen molar-refractivity contribution in [3.05, 3.63) is 77.7 Å². The number of anilines is 2. The van der Waals surface area contributed by atoms with E-state index in [1.54, 1.807) is 29.2 Å². The number of ether oxygens (including phenoxy) is 1. The van der Waals surface area contributed by atoms with Crippen LogP contribution in [0.1, 0.15) is 52.7 Å². The first-order valence-corrected chi connectivity index (χ1v) is 10.7. The Hall–Kier alpha value is -3.54. The topological polar surface area (TPSA) is 71.8 Å². The summed E-state index contributed by atoms with van der Waals surface area (Å²) in [5, 5.41) is 2.95. The number of amides is 2. The molecule has 4 rings (SSSR count). The minimum atomic E-state index is -0.181. The molecular formula is C25H26N2O4. The van der Waals surface area contributed by atoms with E-state index in [0.29, 0.717) is 30.2 Å². The van der Waals surface area contributed by atoms with E-state index in [2.05, 4.69) is 12.2 Å². The summed E-state index contributed by atoms with van der Waals surface area (Å²) in [6.45, 7) is 3.44. The predicted molar refractivity (Wildman–Crippen MR) is 120 cm³/mol. The summed E-state index contributed by atoms with van der Waals surface area (Å²) in [4.78, 5) is 27.1. The number of hydrogen-bond acceptors (Lipinski definition) is 4. The van der Waals surface area contributed by atoms with E-state index in [9.17, 15) is 9.59 Å². The Kier molecular flexibility index (Phi) is 6.36. The van der Waals surface area contributed by atoms with Crippen LogP contribution < -0.4 is 15.0 Å². The van der Waals surface area contributed by atoms with Crippen molar-refractivity contribution in [1.29, 1.82) is 0 Å². The molecule has 0 unspecified atom stereocenters. The fourth-order valence-corrected chi connectivity index (χ4v) is 3.66. The summed E-state index contributed by atoms with van der Waals surface area (Å²) >= 11 is 0. The van der Waals surface area contributed by atoms with Crippen molar-refractivity contribution >= 4 is 23.2 Å². The molecule has 160 valence electrons. The Morgan fingerprint density at radius 3 is 2.71 bits per heavy atom. The number of benzene rings is 2. The minimum Gasteiger partial charge on any atom is -0.494 e. The van der Waals surface area contributed by atoms with E-state index in [1.807, 2.05) is 30.3 Å². The summed E-state index contributed by atoms with van der Waals surface area (Å²) in [6, 6.07) is 16.2. The standard InChI is InChI=1S/C25H26N2O4/c1-2-3-15-30-21-11-8-18(9-12-21)24(28)26-20-10-13-22-19(17-20)6-4-14-27(22)25(29)23-7-5-16-31-23/h5,7-13,16-17H,2-4,6,14-15H2,1H3,(H,26,28). The van der Waals surface area contributed by atoms with Gasteiger partial charge in [-0.2, -0.15) is 0 Å². The SMILES string of the molecule is CCCCOc1ccc(C(=O)Nc2ccc3c(c2)CCCN3C(=O)c2ccco2)cc1. The molecule has 2 amide bonds. The molecule has 1 aliphatic rings. The molecule has 2 heterocycles. The van der Waals surface area contributed by atoms with Crippen molar-refractivity contribution in [3.8, 4) is 5.75 Å². The number of rotatable bonds is 7. The molecule has 0 radical (unpaired) electrons. The highest BCUT2D eigenvalue weighted by molar-refractivity contribution is 6.06. The average Bonchev–Trinajstić information content (AvgIpc) is 3.34. The zero-order valence-electron chi connectivity index (χ0n) is 17.6. The highest BCUT2D eigenvalue weighted by Crippen LogP contribution is 2.31. The Balaban J connectivity index is 1.44. The van der Waals surface area contributed by atoms with E-state index in [1.165, 1.54) is 6.26 Å². The number of nitrogens with zero attached hydrogens (tertiary/aromatic N) is 1. The van der Waals surface area contributed by atoms with E-state index in [4.69, 9.17) is 9.15 Å². The van der Waals surface area contributed by atoms with Crippen molar-refractivity contribution in [2.24, 2.45) is 0 Å². The maximum absolute atomic E-state index is 12.7. The maximum atomic E-state index is 12.7. The van der Waals surface area contributed by atoms with Crippen molar-refractivity contribution in [2.75, 3.05) is 23.4 Å². The Labute approximate surface area is 181 Å². The van der Waals surface area contributed by atoms with Gasteiger partial charge in [0.25, 0.3) is 11.8 Å². The minimum absolute atomic E-state index is 0.149. The maximum Gasteiger partial charge on any atom is 0.293 e. The molecule has 1 aromatic heterocycles. The molecule has 0 aliphatic carbocycles. The number of nitrogens with one attached hydrogen (secondary N) is 1. The third-order valence-corrected chi connectivity index (χ3v) is 5.32. The number of hydrogen-bond donors (Lipinski definition) is 1. The quantitative estimate of drug-likeness (QED) is 0.528. The van der Waals surface area contributed by atoms with E-state index < -0.39 is 0 Å². The molecule has 0 bridgehead atoms. The van der Waals surface area contributed by atoms with Gasteiger partial charge in [0.1, 0.15) is 5.75 Å². The molecule has 1 N–H and O–H groups in total. The van der Waals surface area contributed by atoms with Gasteiger partial charge in [0.2, 0.25) is 0 Å². The Bertz CT molecular complexity index is 1040. The molecule has 0 atom stereocenters. The number of aryl methyl sites for hydroxylation is 1. The van der Waals surface area contributed by atoms with Gasteiger partial charge in [-0.25, -0.2) is 0 Å². The molecule has 0 saturated carbocycles. The third-order valence-electron chi connectivity index (χ3n) is 5.32. The van der Waals surface area contributed by atoms with Gasteiger partial charge in [0.15, 0.2) is 5.76 Å². The van der Waals surface area contributed by atoms with Crippen molar-refractivity contribution in [1.82, 2.24) is 0 Å². The highest BCUT2D eigenvalue weighted by atomic mass is 16.5. The molecule has 1 aliphatic heterocycles. The summed E-state index contributed by atoms with van der Waals surface area (Å²) in [7, 11) is 0. The van der Waals surface area contributed by atoms with Crippen LogP contribution in [0.5, 0.6) is 5.75 Å². The average molecular weight is 418 g/mol. The van der Waals surface area contributed by atoms with Gasteiger partial charge in [-0.1, -0.05) is 13.3 Å². The highest BCUT2D eigenvalue weighted by Gasteiger charge is 2.25. The normalized spacial score (nSPS) is 12.9. The smallest absolute Gasteiger partial charge is 0.293 e. The summed E-state index contributed by atoms with van der Waals surface area (Å²) in [6.07, 6.45) is 5.29. The van der Waals surface area contributed by atoms with Crippen molar-refractivity contribution < 1.29 is 18.7 Å². The predicted octanol–water partition coefficient (Wildman–Crippen LogP) is 5.30. The fourth-order valence-electron chi connectivity index (χ4n) is 3.66. The molecule has 6 heteroatoms. The zero-order chi connectivity index (χ0) is 21.6. The number of fused-ring (bicyclic) bond motifs is 1. The van der Waals surface area contributed by atoms with E-state index in [0.717, 1.165) is 42.7 Å². The van der Waals surface area contributed by atoms with Gasteiger partial charge >= 0.3 is 0 Å². The van der Waals surface area contributed by atoms with Gasteiger partial charge in [-0.05, 0) is 79.4 Å². The summed E-state index contributed by atoms with van der Waals surface area (Å²) in [5.74, 6) is 0.760. The van der Waals surface area contributed by atoms with Crippen LogP contribution in [0.4, 0.5) is 11.4 Å². The Morgan fingerprint density at radius 1 is 1.13 bits per heavy atom. The lowest BCUT2D eigenvalue weighted by Crippen LogP contribution is -2.35. The lowest BCUT2D eigenvalue weighted by molar-refractivity contribution is 0.0957. The van der Waals surface area contributed by atoms with Crippen LogP contribution in [0.3, 0.4) is 0 Å². The summed E-state index contributed by atoms with van der Waals surface area (Å²) < 4.78 is 10.9. The van der Waals surface area contributed by atoms with Crippen LogP contribution in [-0.2, 0) is 6.42 Å². The van der Waals surface area contributed by atoms with Gasteiger partial charge < -0.3 is 19.4 Å². The van der Waals surface area contributed by atoms with Gasteiger partial charge in [-0.15, -0.1) is 0 Å². The number of furan rings is 1. The molecule has 2 aromatic carbocycles. The van der Waals surface area contributed by atoms with E-state index >= 15 is 0 Å². The number of unbranched alkanes of at least 4 members (excludes halogenated alkanes) is 1. The van der Waals surface area contributed by atoms with E-state index in [-0.39, 0.29) is 11.8 Å². The van der Waals surface area contributed by atoms with Gasteiger partial charge in [0.05, 0.1) is 12.9 Å². The molecule has 3 aromatic rings. The molecule has 0 fully saturated rings. The molecular weight excluding hydrogens is 392 g/mol. The number of carbonyl (C=O) groups is 2. The monoisotopic (exact) mass is 418 g/mol. The van der Waals surface area contributed by atoms with Crippen LogP contribution in [0.15, 0.2) is 65.3 Å². The lowest BCUT2D eigenvalue weighted by atomic mass is 10.0. The second-order valence-electron chi connectivity index (χ2n) is 7.56. The van der Waals surface area contributed by atoms with Crippen LogP contribution in [0, 0.1) is 0 Å². The van der Waals surface area contributed by atoms with Gasteiger partial charge in [0, 0.05) is 23.5 Å². The van der Waals surface area contributed by atoms with Crippen LogP contribution in [0.25, 0.3) is 0 Å². The van der Waals surface area contributed by atoms with Crippen LogP contribution in [-0.4, -0.2) is 25.0 Å². The first-order valence-electron chi connectivity index (χ1n) is 10.7. The van der Waals surface area contributed by atoms with Crippen molar-refractivity contribution in [3.63, 3.8) is 0 Å². The zero-order valence-corrected chi connectivity index (χ0v) is 17.6. The molecule has 0 spiro atoms. The first-order chi connectivity index (χ1) is 15.2. The largest absolute Gasteiger partial charge is 0.494 e. The number of carbonyl (C=O) groups excluding carboxylic acids is 2. The van der Waals surface area contributed by atoms with Crippen LogP contribution >= 0.6 is 0 Å². The Morgan fingerprint density at radius 2 is 1.97 bits per heavy atom. The molecule has 0 saturated heterocycles. The molecule has 31 heavy (non-hydrogen) atoms. The second kappa shape index (κ2) is 9.51. The molecule has 6 nitrogen and oxygen atoms in total. The third kappa shape index (κ3) is 4.79. The summed E-state index contributed by atoms with van der Waals surface area (Å²) in [5.41, 5.74) is 3.16.